The van der Waals surface area contributed by atoms with E-state index < -0.39 is 0 Å². The van der Waals surface area contributed by atoms with E-state index in [1.807, 2.05) is 38.1 Å². The second-order valence-corrected chi connectivity index (χ2v) is 6.34. The molecule has 0 saturated carbocycles. The van der Waals surface area contributed by atoms with Crippen LogP contribution in [0, 0.1) is 5.92 Å². The fourth-order valence-corrected chi connectivity index (χ4v) is 3.10. The molecule has 5 nitrogen and oxygen atoms in total. The summed E-state index contributed by atoms with van der Waals surface area (Å²) < 4.78 is 5.50. The first-order valence-corrected chi connectivity index (χ1v) is 8.08. The Bertz CT molecular complexity index is 720. The van der Waals surface area contributed by atoms with E-state index >= 15 is 0 Å². The predicted molar refractivity (Wildman–Crippen MR) is 87.9 cm³/mol. The van der Waals surface area contributed by atoms with Crippen molar-refractivity contribution in [2.24, 2.45) is 5.92 Å². The summed E-state index contributed by atoms with van der Waals surface area (Å²) in [6.45, 7) is 5.02. The van der Waals surface area contributed by atoms with Crippen molar-refractivity contribution in [3.05, 3.63) is 36.1 Å². The number of benzene rings is 1. The summed E-state index contributed by atoms with van der Waals surface area (Å²) in [4.78, 5) is 25.9. The van der Waals surface area contributed by atoms with Gasteiger partial charge in [-0.25, -0.2) is 0 Å². The quantitative estimate of drug-likeness (QED) is 0.921. The molecule has 1 fully saturated rings. The van der Waals surface area contributed by atoms with Gasteiger partial charge in [0.1, 0.15) is 5.58 Å². The molecule has 23 heavy (non-hydrogen) atoms. The first kappa shape index (κ1) is 15.6. The molecule has 1 saturated heterocycles. The van der Waals surface area contributed by atoms with E-state index in [0.29, 0.717) is 19.5 Å². The van der Waals surface area contributed by atoms with Crippen LogP contribution in [-0.2, 0) is 16.0 Å². The number of furan rings is 1. The number of hydrogen-bond acceptors (Lipinski definition) is 3. The van der Waals surface area contributed by atoms with Gasteiger partial charge in [-0.15, -0.1) is 0 Å². The molecule has 0 radical (unpaired) electrons. The fourth-order valence-electron chi connectivity index (χ4n) is 3.10. The molecule has 1 aromatic heterocycles. The minimum Gasteiger partial charge on any atom is -0.464 e. The molecule has 1 aromatic carbocycles. The van der Waals surface area contributed by atoms with E-state index in [0.717, 1.165) is 23.0 Å². The Labute approximate surface area is 135 Å². The monoisotopic (exact) mass is 314 g/mol. The standard InChI is InChI=1S/C18H22N2O3/c1-12(2)20-10-14(9-17(20)21)18(22)19-8-7-13-11-23-16-6-4-3-5-15(13)16/h3-6,11-12,14H,7-10H2,1-2H3,(H,19,22). The van der Waals surface area contributed by atoms with E-state index in [4.69, 9.17) is 4.42 Å². The van der Waals surface area contributed by atoms with Crippen LogP contribution in [0.3, 0.4) is 0 Å². The van der Waals surface area contributed by atoms with Crippen LogP contribution in [0.5, 0.6) is 0 Å². The zero-order chi connectivity index (χ0) is 16.4. The molecule has 1 N–H and O–H groups in total. The molecule has 1 atom stereocenters. The van der Waals surface area contributed by atoms with Crippen LogP contribution in [0.2, 0.25) is 0 Å². The maximum Gasteiger partial charge on any atom is 0.225 e. The van der Waals surface area contributed by atoms with E-state index in [9.17, 15) is 9.59 Å². The lowest BCUT2D eigenvalue weighted by atomic mass is 10.1. The summed E-state index contributed by atoms with van der Waals surface area (Å²) in [5.41, 5.74) is 1.95. The van der Waals surface area contributed by atoms with Gasteiger partial charge in [0.2, 0.25) is 11.8 Å². The maximum atomic E-state index is 12.2. The number of carbonyl (C=O) groups is 2. The van der Waals surface area contributed by atoms with Gasteiger partial charge < -0.3 is 14.6 Å². The van der Waals surface area contributed by atoms with E-state index in [1.54, 1.807) is 11.2 Å². The van der Waals surface area contributed by atoms with E-state index in [-0.39, 0.29) is 23.8 Å². The lowest BCUT2D eigenvalue weighted by Crippen LogP contribution is -2.36. The first-order chi connectivity index (χ1) is 11.1. The molecular formula is C18H22N2O3. The molecule has 2 aromatic rings. The number of nitrogens with zero attached hydrogens (tertiary/aromatic N) is 1. The SMILES string of the molecule is CC(C)N1CC(C(=O)NCCc2coc3ccccc23)CC1=O. The van der Waals surface area contributed by atoms with Crippen LogP contribution in [0.25, 0.3) is 11.0 Å². The Morgan fingerprint density at radius 1 is 1.39 bits per heavy atom. The van der Waals surface area contributed by atoms with Crippen LogP contribution in [0.4, 0.5) is 0 Å². The molecule has 3 rings (SSSR count). The zero-order valence-electron chi connectivity index (χ0n) is 13.5. The lowest BCUT2D eigenvalue weighted by molar-refractivity contribution is -0.129. The van der Waals surface area contributed by atoms with Gasteiger partial charge >= 0.3 is 0 Å². The third-order valence-corrected chi connectivity index (χ3v) is 4.41. The number of nitrogens with one attached hydrogen (secondary N) is 1. The highest BCUT2D eigenvalue weighted by Crippen LogP contribution is 2.22. The molecule has 1 unspecified atom stereocenters. The zero-order valence-corrected chi connectivity index (χ0v) is 13.5. The normalized spacial score (nSPS) is 18.1. The highest BCUT2D eigenvalue weighted by Gasteiger charge is 2.35. The second kappa shape index (κ2) is 6.44. The third kappa shape index (κ3) is 3.23. The van der Waals surface area contributed by atoms with Gasteiger partial charge in [0.05, 0.1) is 12.2 Å². The van der Waals surface area contributed by atoms with Gasteiger partial charge in [-0.2, -0.15) is 0 Å². The Kier molecular flexibility index (Phi) is 4.37. The Hall–Kier alpha value is -2.30. The van der Waals surface area contributed by atoms with Gasteiger partial charge in [-0.05, 0) is 31.9 Å². The smallest absolute Gasteiger partial charge is 0.225 e. The number of hydrogen-bond donors (Lipinski definition) is 1. The highest BCUT2D eigenvalue weighted by molar-refractivity contribution is 5.89. The Morgan fingerprint density at radius 3 is 2.91 bits per heavy atom. The van der Waals surface area contributed by atoms with E-state index in [2.05, 4.69) is 5.32 Å². The van der Waals surface area contributed by atoms with Crippen LogP contribution >= 0.6 is 0 Å². The van der Waals surface area contributed by atoms with Crippen molar-refractivity contribution in [2.75, 3.05) is 13.1 Å². The highest BCUT2D eigenvalue weighted by atomic mass is 16.3. The minimum atomic E-state index is -0.231. The van der Waals surface area contributed by atoms with Crippen molar-refractivity contribution >= 4 is 22.8 Å². The van der Waals surface area contributed by atoms with E-state index in [1.165, 1.54) is 0 Å². The molecule has 2 heterocycles. The third-order valence-electron chi connectivity index (χ3n) is 4.41. The van der Waals surface area contributed by atoms with Crippen molar-refractivity contribution in [1.29, 1.82) is 0 Å². The summed E-state index contributed by atoms with van der Waals surface area (Å²) in [7, 11) is 0. The first-order valence-electron chi connectivity index (χ1n) is 8.08. The molecule has 1 aliphatic rings. The number of likely N-dealkylation sites (tertiary alicyclic amines) is 1. The molecule has 122 valence electrons. The maximum absolute atomic E-state index is 12.2. The van der Waals surface area contributed by atoms with Crippen LogP contribution in [0.15, 0.2) is 34.9 Å². The second-order valence-electron chi connectivity index (χ2n) is 6.34. The van der Waals surface area contributed by atoms with Crippen LogP contribution < -0.4 is 5.32 Å². The van der Waals surface area contributed by atoms with Crippen molar-refractivity contribution in [1.82, 2.24) is 10.2 Å². The summed E-state index contributed by atoms with van der Waals surface area (Å²) >= 11 is 0. The van der Waals surface area contributed by atoms with Crippen molar-refractivity contribution in [2.45, 2.75) is 32.7 Å². The Balaban J connectivity index is 1.53. The van der Waals surface area contributed by atoms with Gasteiger partial charge in [0, 0.05) is 30.9 Å². The molecular weight excluding hydrogens is 292 g/mol. The summed E-state index contributed by atoms with van der Waals surface area (Å²) in [5.74, 6) is -0.193. The number of para-hydroxylation sites is 1. The van der Waals surface area contributed by atoms with Crippen molar-refractivity contribution in [3.8, 4) is 0 Å². The number of carbonyl (C=O) groups excluding carboxylic acids is 2. The fraction of sp³-hybridized carbons (Fsp3) is 0.444. The van der Waals surface area contributed by atoms with Crippen LogP contribution in [-0.4, -0.2) is 35.8 Å². The Morgan fingerprint density at radius 2 is 2.17 bits per heavy atom. The van der Waals surface area contributed by atoms with Gasteiger partial charge in [-0.3, -0.25) is 9.59 Å². The minimum absolute atomic E-state index is 0.0331. The largest absolute Gasteiger partial charge is 0.464 e. The summed E-state index contributed by atoms with van der Waals surface area (Å²) in [6, 6.07) is 8.02. The number of fused-ring (bicyclic) bond motifs is 1. The molecule has 0 spiro atoms. The molecule has 1 aliphatic heterocycles. The van der Waals surface area contributed by atoms with Gasteiger partial charge in [0.25, 0.3) is 0 Å². The van der Waals surface area contributed by atoms with Crippen molar-refractivity contribution < 1.29 is 14.0 Å². The van der Waals surface area contributed by atoms with Crippen molar-refractivity contribution in [3.63, 3.8) is 0 Å². The van der Waals surface area contributed by atoms with Crippen LogP contribution in [0.1, 0.15) is 25.8 Å². The summed E-state index contributed by atoms with van der Waals surface area (Å²) in [5, 5.41) is 4.03. The number of rotatable bonds is 5. The molecule has 2 amide bonds. The average Bonchev–Trinajstić information content (AvgIpc) is 3.11. The predicted octanol–water partition coefficient (Wildman–Crippen LogP) is 2.35. The summed E-state index contributed by atoms with van der Waals surface area (Å²) in [6.07, 6.45) is 2.78. The number of amides is 2. The topological polar surface area (TPSA) is 62.6 Å². The lowest BCUT2D eigenvalue weighted by Gasteiger charge is -2.20. The molecule has 0 aliphatic carbocycles. The average molecular weight is 314 g/mol. The van der Waals surface area contributed by atoms with Gasteiger partial charge in [-0.1, -0.05) is 18.2 Å². The van der Waals surface area contributed by atoms with Gasteiger partial charge in [0.15, 0.2) is 0 Å². The molecule has 5 heteroatoms. The molecule has 0 bridgehead atoms.